The van der Waals surface area contributed by atoms with Crippen LogP contribution in [0.3, 0.4) is 0 Å². The molecule has 0 aliphatic heterocycles. The molecule has 0 radical (unpaired) electrons. The fourth-order valence-electron chi connectivity index (χ4n) is 0.987. The van der Waals surface area contributed by atoms with E-state index in [2.05, 4.69) is 4.98 Å². The second-order valence-electron chi connectivity index (χ2n) is 2.55. The molecule has 0 saturated heterocycles. The molecule has 1 rings (SSSR count). The molecule has 0 aromatic carbocycles. The Kier molecular flexibility index (Phi) is 3.38. The predicted octanol–water partition coefficient (Wildman–Crippen LogP) is 1.85. The molecule has 10 heteroatoms. The van der Waals surface area contributed by atoms with E-state index < -0.39 is 36.7 Å². The van der Waals surface area contributed by atoms with Crippen LogP contribution in [-0.2, 0) is 9.05 Å². The zero-order chi connectivity index (χ0) is 12.5. The number of halogens is 3. The van der Waals surface area contributed by atoms with Gasteiger partial charge in [0.1, 0.15) is 5.56 Å². The van der Waals surface area contributed by atoms with Crippen LogP contribution in [0.15, 0.2) is 17.3 Å². The number of pyridine rings is 1. The highest BCUT2D eigenvalue weighted by Gasteiger charge is 2.32. The molecular weight excluding hydrogens is 270 g/mol. The highest BCUT2D eigenvalue weighted by molar-refractivity contribution is 8.13. The van der Waals surface area contributed by atoms with Crippen LogP contribution in [0.2, 0.25) is 0 Å². The molecule has 0 aliphatic carbocycles. The maximum absolute atomic E-state index is 12.4. The van der Waals surface area contributed by atoms with Crippen LogP contribution in [0.4, 0.5) is 14.5 Å². The van der Waals surface area contributed by atoms with Gasteiger partial charge < -0.3 is 0 Å². The molecule has 1 aromatic rings. The Balaban J connectivity index is 3.65. The summed E-state index contributed by atoms with van der Waals surface area (Å²) in [4.78, 5) is 12.4. The minimum absolute atomic E-state index is 0.661. The number of nitrogens with zero attached hydrogens (tertiary/aromatic N) is 2. The molecule has 0 N–H and O–H groups in total. The Morgan fingerprint density at radius 2 is 2.06 bits per heavy atom. The second-order valence-corrected chi connectivity index (χ2v) is 5.03. The maximum Gasteiger partial charge on any atom is 0.316 e. The number of aromatic nitrogens is 1. The van der Waals surface area contributed by atoms with Crippen molar-refractivity contribution in [3.8, 4) is 0 Å². The van der Waals surface area contributed by atoms with E-state index in [-0.39, 0.29) is 0 Å². The van der Waals surface area contributed by atoms with Gasteiger partial charge in [-0.1, -0.05) is 0 Å². The van der Waals surface area contributed by atoms with Gasteiger partial charge in [-0.2, -0.15) is 0 Å². The normalized spacial score (nSPS) is 11.8. The third-order valence-corrected chi connectivity index (χ3v) is 2.77. The van der Waals surface area contributed by atoms with Crippen molar-refractivity contribution >= 4 is 25.4 Å². The molecule has 0 fully saturated rings. The summed E-state index contributed by atoms with van der Waals surface area (Å²) in [6, 6.07) is 0.661. The summed E-state index contributed by atoms with van der Waals surface area (Å²) in [5, 5.41) is 9.32. The zero-order valence-electron chi connectivity index (χ0n) is 7.30. The summed E-state index contributed by atoms with van der Waals surface area (Å²) in [6.07, 6.45) is -2.48. The Bertz CT molecular complexity index is 533. The average molecular weight is 273 g/mol. The molecule has 0 aliphatic rings. The van der Waals surface area contributed by atoms with Crippen LogP contribution < -0.4 is 0 Å². The first-order valence-corrected chi connectivity index (χ1v) is 5.92. The van der Waals surface area contributed by atoms with E-state index in [4.69, 9.17) is 10.7 Å². The van der Waals surface area contributed by atoms with Crippen molar-refractivity contribution in [2.75, 3.05) is 0 Å². The third-order valence-electron chi connectivity index (χ3n) is 1.57. The Hall–Kier alpha value is -1.35. The van der Waals surface area contributed by atoms with Gasteiger partial charge in [-0.15, -0.1) is 0 Å². The van der Waals surface area contributed by atoms with Gasteiger partial charge in [-0.3, -0.25) is 10.1 Å². The number of nitro groups is 1. The van der Waals surface area contributed by atoms with E-state index in [1.807, 2.05) is 0 Å². The summed E-state index contributed by atoms with van der Waals surface area (Å²) in [7, 11) is 0.296. The molecule has 88 valence electrons. The van der Waals surface area contributed by atoms with Crippen LogP contribution in [0.1, 0.15) is 12.0 Å². The van der Waals surface area contributed by atoms with E-state index in [9.17, 15) is 27.3 Å². The monoisotopic (exact) mass is 272 g/mol. The fourth-order valence-corrected chi connectivity index (χ4v) is 1.94. The lowest BCUT2D eigenvalue weighted by Gasteiger charge is -2.03. The lowest BCUT2D eigenvalue weighted by atomic mass is 10.2. The molecule has 1 heterocycles. The van der Waals surface area contributed by atoms with E-state index in [1.165, 1.54) is 0 Å². The molecule has 0 unspecified atom stereocenters. The predicted molar refractivity (Wildman–Crippen MR) is 48.9 cm³/mol. The summed E-state index contributed by atoms with van der Waals surface area (Å²) in [5.41, 5.74) is -2.34. The molecule has 16 heavy (non-hydrogen) atoms. The molecule has 0 amide bonds. The van der Waals surface area contributed by atoms with E-state index in [0.717, 1.165) is 0 Å². The Morgan fingerprint density at radius 3 is 2.44 bits per heavy atom. The summed E-state index contributed by atoms with van der Waals surface area (Å²) in [5.74, 6) is 0. The first-order valence-electron chi connectivity index (χ1n) is 3.61. The summed E-state index contributed by atoms with van der Waals surface area (Å²) < 4.78 is 46.5. The Morgan fingerprint density at radius 1 is 1.50 bits per heavy atom. The van der Waals surface area contributed by atoms with E-state index in [0.29, 0.717) is 12.3 Å². The highest BCUT2D eigenvalue weighted by Crippen LogP contribution is 2.33. The molecule has 0 atom stereocenters. The van der Waals surface area contributed by atoms with Crippen molar-refractivity contribution in [3.63, 3.8) is 0 Å². The minimum Gasteiger partial charge on any atom is -0.258 e. The second kappa shape index (κ2) is 4.26. The molecule has 6 nitrogen and oxygen atoms in total. The SMILES string of the molecule is O=[N+]([O-])c1c(C(F)F)ccnc1S(=O)(=O)Cl. The zero-order valence-corrected chi connectivity index (χ0v) is 8.87. The van der Waals surface area contributed by atoms with Gasteiger partial charge in [0.05, 0.1) is 4.92 Å². The van der Waals surface area contributed by atoms with Gasteiger partial charge in [-0.05, 0) is 6.07 Å². The molecule has 0 spiro atoms. The lowest BCUT2D eigenvalue weighted by Crippen LogP contribution is -2.05. The van der Waals surface area contributed by atoms with Crippen molar-refractivity contribution in [1.82, 2.24) is 4.98 Å². The number of alkyl halides is 2. The fraction of sp³-hybridized carbons (Fsp3) is 0.167. The number of hydrogen-bond donors (Lipinski definition) is 0. The van der Waals surface area contributed by atoms with Crippen LogP contribution in [0.25, 0.3) is 0 Å². The van der Waals surface area contributed by atoms with Crippen molar-refractivity contribution in [3.05, 3.63) is 27.9 Å². The molecular formula is C6H3ClF2N2O4S. The lowest BCUT2D eigenvalue weighted by molar-refractivity contribution is -0.389. The van der Waals surface area contributed by atoms with E-state index >= 15 is 0 Å². The van der Waals surface area contributed by atoms with Gasteiger partial charge in [0.15, 0.2) is 0 Å². The largest absolute Gasteiger partial charge is 0.316 e. The van der Waals surface area contributed by atoms with Crippen LogP contribution in [-0.4, -0.2) is 18.3 Å². The van der Waals surface area contributed by atoms with Gasteiger partial charge in [0.2, 0.25) is 5.03 Å². The van der Waals surface area contributed by atoms with E-state index in [1.54, 1.807) is 0 Å². The smallest absolute Gasteiger partial charge is 0.258 e. The molecule has 0 bridgehead atoms. The average Bonchev–Trinajstić information content (AvgIpc) is 2.14. The molecule has 1 aromatic heterocycles. The van der Waals surface area contributed by atoms with Gasteiger partial charge in [0.25, 0.3) is 15.5 Å². The van der Waals surface area contributed by atoms with Crippen molar-refractivity contribution in [1.29, 1.82) is 0 Å². The quantitative estimate of drug-likeness (QED) is 0.476. The first kappa shape index (κ1) is 12.7. The van der Waals surface area contributed by atoms with Gasteiger partial charge >= 0.3 is 5.69 Å². The van der Waals surface area contributed by atoms with Crippen molar-refractivity contribution < 1.29 is 22.1 Å². The highest BCUT2D eigenvalue weighted by atomic mass is 35.7. The van der Waals surface area contributed by atoms with Crippen molar-refractivity contribution in [2.24, 2.45) is 0 Å². The number of hydrogen-bond acceptors (Lipinski definition) is 5. The van der Waals surface area contributed by atoms with Gasteiger partial charge in [0, 0.05) is 16.9 Å². The number of rotatable bonds is 3. The summed E-state index contributed by atoms with van der Waals surface area (Å²) in [6.45, 7) is 0. The van der Waals surface area contributed by atoms with Crippen LogP contribution >= 0.6 is 10.7 Å². The van der Waals surface area contributed by atoms with Gasteiger partial charge in [-0.25, -0.2) is 22.2 Å². The first-order chi connectivity index (χ1) is 7.25. The third kappa shape index (κ3) is 2.42. The maximum atomic E-state index is 12.4. The minimum atomic E-state index is -4.55. The topological polar surface area (TPSA) is 90.2 Å². The van der Waals surface area contributed by atoms with Crippen LogP contribution in [0, 0.1) is 10.1 Å². The summed E-state index contributed by atoms with van der Waals surface area (Å²) >= 11 is 0. The van der Waals surface area contributed by atoms with Crippen LogP contribution in [0.5, 0.6) is 0 Å². The van der Waals surface area contributed by atoms with Crippen molar-refractivity contribution in [2.45, 2.75) is 11.5 Å². The molecule has 0 saturated carbocycles. The standard InChI is InChI=1S/C6H3ClF2N2O4S/c7-16(14,15)6-4(11(12)13)3(5(8)9)1-2-10-6/h1-2,5H. The Labute approximate surface area is 92.4 Å².